The van der Waals surface area contributed by atoms with Gasteiger partial charge in [0.25, 0.3) is 0 Å². The van der Waals surface area contributed by atoms with Gasteiger partial charge in [0.2, 0.25) is 0 Å². The average molecular weight is 413 g/mol. The Balaban J connectivity index is 2.51. The van der Waals surface area contributed by atoms with Crippen LogP contribution >= 0.6 is 0 Å². The lowest BCUT2D eigenvalue weighted by atomic mass is 9.72. The predicted molar refractivity (Wildman–Crippen MR) is 111 cm³/mol. The maximum absolute atomic E-state index is 12.6. The number of aliphatic hydroxyl groups excluding tert-OH is 2. The molecule has 0 radical (unpaired) electrons. The van der Waals surface area contributed by atoms with Crippen molar-refractivity contribution < 1.29 is 29.6 Å². The summed E-state index contributed by atoms with van der Waals surface area (Å²) in [6.07, 6.45) is -0.126. The van der Waals surface area contributed by atoms with E-state index in [-0.39, 0.29) is 23.7 Å². The molecule has 1 fully saturated rings. The molecule has 11 atom stereocenters. The number of fused-ring (bicyclic) bond motifs is 2. The highest BCUT2D eigenvalue weighted by atomic mass is 16.6. The summed E-state index contributed by atoms with van der Waals surface area (Å²) in [5.74, 6) is -3.85. The monoisotopic (exact) mass is 412 g/mol. The molecule has 168 valence electrons. The van der Waals surface area contributed by atoms with Crippen molar-refractivity contribution >= 4 is 5.97 Å². The third-order valence-corrected chi connectivity index (χ3v) is 7.42. The normalized spacial score (nSPS) is 52.1. The summed E-state index contributed by atoms with van der Waals surface area (Å²) in [6, 6.07) is 0. The number of hydrogen-bond acceptors (Lipinski definition) is 6. The van der Waals surface area contributed by atoms with Crippen LogP contribution in [0.3, 0.4) is 0 Å². The van der Waals surface area contributed by atoms with Crippen LogP contribution in [0.15, 0.2) is 11.6 Å². The molecule has 0 aromatic heterocycles. The van der Waals surface area contributed by atoms with Gasteiger partial charge in [-0.05, 0) is 38.7 Å². The van der Waals surface area contributed by atoms with Crippen molar-refractivity contribution in [1.29, 1.82) is 0 Å². The van der Waals surface area contributed by atoms with Gasteiger partial charge >= 0.3 is 5.97 Å². The molecule has 0 saturated carbocycles. The Morgan fingerprint density at radius 2 is 1.66 bits per heavy atom. The van der Waals surface area contributed by atoms with E-state index in [4.69, 9.17) is 9.47 Å². The van der Waals surface area contributed by atoms with Gasteiger partial charge in [-0.1, -0.05) is 40.7 Å². The van der Waals surface area contributed by atoms with E-state index < -0.39 is 48.0 Å². The van der Waals surface area contributed by atoms with E-state index >= 15 is 0 Å². The molecule has 3 N–H and O–H groups in total. The second kappa shape index (κ2) is 9.04. The first-order valence-corrected chi connectivity index (χ1v) is 11.0. The molecular weight excluding hydrogens is 372 g/mol. The van der Waals surface area contributed by atoms with Crippen molar-refractivity contribution in [2.24, 2.45) is 35.5 Å². The van der Waals surface area contributed by atoms with Gasteiger partial charge in [0.15, 0.2) is 5.79 Å². The lowest BCUT2D eigenvalue weighted by Crippen LogP contribution is -2.59. The molecule has 6 nitrogen and oxygen atoms in total. The molecule has 0 spiro atoms. The third kappa shape index (κ3) is 4.71. The number of carbonyl (C=O) groups excluding carboxylic acids is 1. The third-order valence-electron chi connectivity index (χ3n) is 7.42. The number of cyclic esters (lactones) is 1. The zero-order valence-corrected chi connectivity index (χ0v) is 19.1. The Labute approximate surface area is 175 Å². The first kappa shape index (κ1) is 24.3. The molecule has 2 bridgehead atoms. The van der Waals surface area contributed by atoms with Crippen LogP contribution in [0.1, 0.15) is 61.8 Å². The molecule has 2 rings (SSSR count). The minimum atomic E-state index is -1.53. The molecule has 1 saturated heterocycles. The van der Waals surface area contributed by atoms with Crippen molar-refractivity contribution in [3.05, 3.63) is 11.6 Å². The van der Waals surface area contributed by atoms with Crippen LogP contribution in [0.5, 0.6) is 0 Å². The number of rotatable bonds is 0. The van der Waals surface area contributed by atoms with E-state index in [2.05, 4.69) is 0 Å². The molecule has 0 aromatic carbocycles. The van der Waals surface area contributed by atoms with Crippen LogP contribution in [-0.2, 0) is 14.3 Å². The zero-order valence-electron chi connectivity index (χ0n) is 19.1. The van der Waals surface area contributed by atoms with Gasteiger partial charge in [-0.3, -0.25) is 4.79 Å². The molecular formula is C23H40O6. The molecule has 6 heteroatoms. The van der Waals surface area contributed by atoms with Gasteiger partial charge in [0.1, 0.15) is 6.10 Å². The lowest BCUT2D eigenvalue weighted by Gasteiger charge is -2.51. The average Bonchev–Trinajstić information content (AvgIpc) is 2.66. The van der Waals surface area contributed by atoms with Gasteiger partial charge in [-0.2, -0.15) is 0 Å². The summed E-state index contributed by atoms with van der Waals surface area (Å²) in [7, 11) is 0. The maximum Gasteiger partial charge on any atom is 0.311 e. The van der Waals surface area contributed by atoms with Crippen molar-refractivity contribution in [3.8, 4) is 0 Å². The van der Waals surface area contributed by atoms with Crippen LogP contribution in [-0.4, -0.2) is 51.5 Å². The maximum atomic E-state index is 12.6. The van der Waals surface area contributed by atoms with Crippen LogP contribution in [0, 0.1) is 35.5 Å². The van der Waals surface area contributed by atoms with Crippen molar-refractivity contribution in [2.75, 3.05) is 0 Å². The smallest absolute Gasteiger partial charge is 0.311 e. The van der Waals surface area contributed by atoms with Gasteiger partial charge in [-0.15, -0.1) is 0 Å². The molecule has 2 aliphatic rings. The number of ether oxygens (including phenoxy) is 2. The first-order chi connectivity index (χ1) is 13.3. The van der Waals surface area contributed by atoms with Gasteiger partial charge < -0.3 is 24.8 Å². The quantitative estimate of drug-likeness (QED) is 0.418. The molecule has 2 heterocycles. The summed E-state index contributed by atoms with van der Waals surface area (Å²) >= 11 is 0. The highest BCUT2D eigenvalue weighted by Gasteiger charge is 2.52. The van der Waals surface area contributed by atoms with Crippen LogP contribution < -0.4 is 0 Å². The van der Waals surface area contributed by atoms with Crippen LogP contribution in [0.2, 0.25) is 0 Å². The highest BCUT2D eigenvalue weighted by Crippen LogP contribution is 2.45. The Bertz CT molecular complexity index is 618. The fourth-order valence-electron chi connectivity index (χ4n) is 4.95. The van der Waals surface area contributed by atoms with Crippen molar-refractivity contribution in [3.63, 3.8) is 0 Å². The summed E-state index contributed by atoms with van der Waals surface area (Å²) in [5, 5.41) is 33.4. The highest BCUT2D eigenvalue weighted by molar-refractivity contribution is 5.73. The lowest BCUT2D eigenvalue weighted by molar-refractivity contribution is -0.334. The van der Waals surface area contributed by atoms with Crippen molar-refractivity contribution in [2.45, 2.75) is 92.0 Å². The van der Waals surface area contributed by atoms with E-state index in [0.717, 1.165) is 0 Å². The summed E-state index contributed by atoms with van der Waals surface area (Å²) in [6.45, 7) is 14.8. The number of esters is 1. The predicted octanol–water partition coefficient (Wildman–Crippen LogP) is 2.89. The van der Waals surface area contributed by atoms with Crippen LogP contribution in [0.25, 0.3) is 0 Å². The van der Waals surface area contributed by atoms with E-state index in [1.165, 1.54) is 0 Å². The molecule has 29 heavy (non-hydrogen) atoms. The van der Waals surface area contributed by atoms with E-state index in [0.29, 0.717) is 12.0 Å². The van der Waals surface area contributed by atoms with Crippen LogP contribution in [0.4, 0.5) is 0 Å². The topological polar surface area (TPSA) is 96.2 Å². The van der Waals surface area contributed by atoms with Gasteiger partial charge in [0.05, 0.1) is 24.2 Å². The minimum Gasteiger partial charge on any atom is -0.462 e. The summed E-state index contributed by atoms with van der Waals surface area (Å²) in [5.41, 5.74) is 0.713. The summed E-state index contributed by atoms with van der Waals surface area (Å²) in [4.78, 5) is 12.6. The fourth-order valence-corrected chi connectivity index (χ4v) is 4.95. The van der Waals surface area contributed by atoms with Gasteiger partial charge in [-0.25, -0.2) is 0 Å². The molecule has 0 aliphatic carbocycles. The zero-order chi connectivity index (χ0) is 22.3. The number of carbonyl (C=O) groups is 1. The number of aliphatic hydroxyl groups is 3. The molecule has 2 aliphatic heterocycles. The Morgan fingerprint density at radius 1 is 1.07 bits per heavy atom. The van der Waals surface area contributed by atoms with Crippen molar-refractivity contribution in [1.82, 2.24) is 0 Å². The fraction of sp³-hybridized carbons (Fsp3) is 0.870. The van der Waals surface area contributed by atoms with E-state index in [9.17, 15) is 20.1 Å². The van der Waals surface area contributed by atoms with E-state index in [1.54, 1.807) is 13.8 Å². The standard InChI is InChI=1S/C23H40O6/c1-11-9-12(2)19(24)17(7)23(27)14(4)10-13(3)21(29-23)15(5)20(25)16(6)22(26)28-18(11)8/h9,11,13-21,24-25,27H,10H2,1-8H3/b12-9+/t11-,13-,14+,15-,16+,17+,18+,19-,20-,21-,23+/m0/s1. The Kier molecular flexibility index (Phi) is 7.59. The summed E-state index contributed by atoms with van der Waals surface area (Å²) < 4.78 is 11.8. The first-order valence-electron chi connectivity index (χ1n) is 11.0. The molecule has 0 aromatic rings. The largest absolute Gasteiger partial charge is 0.462 e. The van der Waals surface area contributed by atoms with Gasteiger partial charge in [0, 0.05) is 23.7 Å². The second-order valence-electron chi connectivity index (χ2n) is 9.73. The minimum absolute atomic E-state index is 0.0889. The van der Waals surface area contributed by atoms with E-state index in [1.807, 2.05) is 47.6 Å². The number of hydrogen-bond donors (Lipinski definition) is 3. The molecule has 0 amide bonds. The Morgan fingerprint density at radius 3 is 2.24 bits per heavy atom. The second-order valence-corrected chi connectivity index (χ2v) is 9.73. The molecule has 0 unspecified atom stereocenters. The Hall–Kier alpha value is -0.950. The SMILES string of the molecule is C/C1=C\[C@H](C)[C@@H](C)OC(=O)[C@H](C)[C@@H](O)[C@H](C)[C@H]2O[C@](O)([C@H](C)C[C@@H]2C)[C@H](C)[C@H]1O.